The zero-order valence-corrected chi connectivity index (χ0v) is 12.1. The summed E-state index contributed by atoms with van der Waals surface area (Å²) in [5.74, 6) is 0.213. The maximum atomic E-state index is 10.1. The molecule has 1 heterocycles. The van der Waals surface area contributed by atoms with Crippen LogP contribution < -0.4 is 0 Å². The minimum Gasteiger partial charge on any atom is -0.505 e. The van der Waals surface area contributed by atoms with Crippen LogP contribution >= 0.6 is 15.9 Å². The van der Waals surface area contributed by atoms with Crippen LogP contribution in [0.4, 0.5) is 0 Å². The smallest absolute Gasteiger partial charge is 0.146 e. The van der Waals surface area contributed by atoms with E-state index in [1.54, 1.807) is 0 Å². The molecule has 5 heteroatoms. The molecule has 0 fully saturated rings. The zero-order chi connectivity index (χ0) is 13.6. The van der Waals surface area contributed by atoms with Crippen molar-refractivity contribution in [2.75, 3.05) is 0 Å². The van der Waals surface area contributed by atoms with Gasteiger partial charge in [-0.2, -0.15) is 0 Å². The maximum Gasteiger partial charge on any atom is 0.146 e. The van der Waals surface area contributed by atoms with Gasteiger partial charge in [0.05, 0.1) is 0 Å². The van der Waals surface area contributed by atoms with Crippen LogP contribution in [-0.2, 0) is 0 Å². The molecule has 2 aromatic carbocycles. The third-order valence-corrected chi connectivity index (χ3v) is 3.48. The summed E-state index contributed by atoms with van der Waals surface area (Å²) in [6.45, 7) is 3.85. The standard InChI is InChI=1S/C14H12BrN3O/c1-8-5-9(2)14(19)13(6-8)18-16-11-4-3-10(15)7-12(11)17-18/h3-7,19H,1-2H3. The number of aromatic hydroxyl groups is 1. The Bertz CT molecular complexity index is 780. The van der Waals surface area contributed by atoms with Gasteiger partial charge in [0.1, 0.15) is 22.5 Å². The molecule has 0 radical (unpaired) electrons. The molecule has 0 saturated carbocycles. The maximum absolute atomic E-state index is 10.1. The Morgan fingerprint density at radius 3 is 2.58 bits per heavy atom. The second-order valence-corrected chi connectivity index (χ2v) is 5.49. The molecule has 0 spiro atoms. The minimum atomic E-state index is 0.213. The first kappa shape index (κ1) is 12.2. The Hall–Kier alpha value is -1.88. The number of rotatable bonds is 1. The molecule has 1 N–H and O–H groups in total. The van der Waals surface area contributed by atoms with Crippen LogP contribution in [0.15, 0.2) is 34.8 Å². The van der Waals surface area contributed by atoms with Gasteiger partial charge in [-0.3, -0.25) is 0 Å². The Morgan fingerprint density at radius 2 is 1.79 bits per heavy atom. The average molecular weight is 318 g/mol. The van der Waals surface area contributed by atoms with E-state index < -0.39 is 0 Å². The average Bonchev–Trinajstić information content (AvgIpc) is 2.76. The topological polar surface area (TPSA) is 50.9 Å². The fraction of sp³-hybridized carbons (Fsp3) is 0.143. The predicted octanol–water partition coefficient (Wildman–Crippen LogP) is 3.51. The second-order valence-electron chi connectivity index (χ2n) is 4.57. The molecule has 4 nitrogen and oxygen atoms in total. The highest BCUT2D eigenvalue weighted by atomic mass is 79.9. The number of benzene rings is 2. The van der Waals surface area contributed by atoms with Crippen molar-refractivity contribution in [3.05, 3.63) is 45.9 Å². The molecule has 0 unspecified atom stereocenters. The van der Waals surface area contributed by atoms with Crippen molar-refractivity contribution in [1.82, 2.24) is 15.0 Å². The zero-order valence-electron chi connectivity index (χ0n) is 10.6. The Kier molecular flexibility index (Phi) is 2.78. The van der Waals surface area contributed by atoms with Crippen LogP contribution in [0.25, 0.3) is 16.7 Å². The number of hydrogen-bond donors (Lipinski definition) is 1. The number of phenolic OH excluding ortho intramolecular Hbond substituents is 1. The van der Waals surface area contributed by atoms with Gasteiger partial charge in [-0.25, -0.2) is 0 Å². The van der Waals surface area contributed by atoms with Crippen molar-refractivity contribution < 1.29 is 5.11 Å². The summed E-state index contributed by atoms with van der Waals surface area (Å²) < 4.78 is 0.955. The van der Waals surface area contributed by atoms with Crippen LogP contribution in [0, 0.1) is 13.8 Å². The van der Waals surface area contributed by atoms with E-state index in [9.17, 15) is 5.11 Å². The van der Waals surface area contributed by atoms with Gasteiger partial charge in [-0.1, -0.05) is 22.0 Å². The minimum absolute atomic E-state index is 0.213. The van der Waals surface area contributed by atoms with Crippen LogP contribution in [0.2, 0.25) is 0 Å². The van der Waals surface area contributed by atoms with Crippen LogP contribution in [0.5, 0.6) is 5.75 Å². The predicted molar refractivity (Wildman–Crippen MR) is 77.7 cm³/mol. The number of aryl methyl sites for hydroxylation is 2. The van der Waals surface area contributed by atoms with E-state index in [2.05, 4.69) is 26.1 Å². The number of nitrogens with zero attached hydrogens (tertiary/aromatic N) is 3. The molecule has 19 heavy (non-hydrogen) atoms. The molecule has 0 aliphatic heterocycles. The first-order valence-electron chi connectivity index (χ1n) is 5.88. The lowest BCUT2D eigenvalue weighted by Crippen LogP contribution is -2.00. The van der Waals surface area contributed by atoms with Gasteiger partial charge in [0, 0.05) is 4.47 Å². The van der Waals surface area contributed by atoms with Gasteiger partial charge in [0.15, 0.2) is 0 Å². The van der Waals surface area contributed by atoms with E-state index >= 15 is 0 Å². The Labute approximate surface area is 118 Å². The molecular weight excluding hydrogens is 306 g/mol. The van der Waals surface area contributed by atoms with E-state index in [-0.39, 0.29) is 5.75 Å². The molecule has 0 atom stereocenters. The molecule has 0 aliphatic rings. The fourth-order valence-corrected chi connectivity index (χ4v) is 2.43. The van der Waals surface area contributed by atoms with Gasteiger partial charge in [0.25, 0.3) is 0 Å². The van der Waals surface area contributed by atoms with Gasteiger partial charge < -0.3 is 5.11 Å². The molecule has 0 saturated heterocycles. The molecule has 96 valence electrons. The molecule has 0 aliphatic carbocycles. The highest BCUT2D eigenvalue weighted by Gasteiger charge is 2.11. The third kappa shape index (κ3) is 2.10. The molecular formula is C14H12BrN3O. The molecule has 1 aromatic heterocycles. The number of fused-ring (bicyclic) bond motifs is 1. The van der Waals surface area contributed by atoms with Crippen molar-refractivity contribution in [1.29, 1.82) is 0 Å². The number of halogens is 1. The first-order valence-corrected chi connectivity index (χ1v) is 6.67. The van der Waals surface area contributed by atoms with Crippen molar-refractivity contribution in [2.24, 2.45) is 0 Å². The highest BCUT2D eigenvalue weighted by Crippen LogP contribution is 2.27. The quantitative estimate of drug-likeness (QED) is 0.747. The van der Waals surface area contributed by atoms with Gasteiger partial charge >= 0.3 is 0 Å². The van der Waals surface area contributed by atoms with Crippen LogP contribution in [0.3, 0.4) is 0 Å². The summed E-state index contributed by atoms with van der Waals surface area (Å²) in [6, 6.07) is 9.51. The summed E-state index contributed by atoms with van der Waals surface area (Å²) in [6.07, 6.45) is 0. The summed E-state index contributed by atoms with van der Waals surface area (Å²) in [4.78, 5) is 1.48. The van der Waals surface area contributed by atoms with Crippen molar-refractivity contribution >= 4 is 27.0 Å². The summed E-state index contributed by atoms with van der Waals surface area (Å²) in [5.41, 5.74) is 4.06. The van der Waals surface area contributed by atoms with Gasteiger partial charge in [-0.05, 0) is 49.2 Å². The monoisotopic (exact) mass is 317 g/mol. The first-order chi connectivity index (χ1) is 9.04. The summed E-state index contributed by atoms with van der Waals surface area (Å²) in [5, 5.41) is 18.9. The normalized spacial score (nSPS) is 11.1. The molecule has 3 rings (SSSR count). The lowest BCUT2D eigenvalue weighted by molar-refractivity contribution is 0.463. The van der Waals surface area contributed by atoms with Crippen molar-refractivity contribution in [3.8, 4) is 11.4 Å². The largest absolute Gasteiger partial charge is 0.505 e. The van der Waals surface area contributed by atoms with Gasteiger partial charge in [-0.15, -0.1) is 15.0 Å². The SMILES string of the molecule is Cc1cc(C)c(O)c(-n2nc3ccc(Br)cc3n2)c1. The number of aromatic nitrogens is 3. The summed E-state index contributed by atoms with van der Waals surface area (Å²) >= 11 is 3.41. The van der Waals surface area contributed by atoms with Crippen LogP contribution in [-0.4, -0.2) is 20.1 Å². The third-order valence-electron chi connectivity index (χ3n) is 2.98. The Morgan fingerprint density at radius 1 is 1.05 bits per heavy atom. The summed E-state index contributed by atoms with van der Waals surface area (Å²) in [7, 11) is 0. The highest BCUT2D eigenvalue weighted by molar-refractivity contribution is 9.10. The van der Waals surface area contributed by atoms with E-state index in [1.165, 1.54) is 4.80 Å². The van der Waals surface area contributed by atoms with E-state index in [1.807, 2.05) is 44.2 Å². The van der Waals surface area contributed by atoms with Gasteiger partial charge in [0.2, 0.25) is 0 Å². The molecule has 0 amide bonds. The number of hydrogen-bond acceptors (Lipinski definition) is 3. The van der Waals surface area contributed by atoms with E-state index in [4.69, 9.17) is 0 Å². The van der Waals surface area contributed by atoms with Crippen molar-refractivity contribution in [3.63, 3.8) is 0 Å². The van der Waals surface area contributed by atoms with Crippen LogP contribution in [0.1, 0.15) is 11.1 Å². The van der Waals surface area contributed by atoms with E-state index in [0.29, 0.717) is 5.69 Å². The van der Waals surface area contributed by atoms with E-state index in [0.717, 1.165) is 26.6 Å². The number of phenols is 1. The fourth-order valence-electron chi connectivity index (χ4n) is 2.09. The molecule has 0 bridgehead atoms. The lowest BCUT2D eigenvalue weighted by Gasteiger charge is -2.07. The molecule has 3 aromatic rings. The lowest BCUT2D eigenvalue weighted by atomic mass is 10.1. The second kappa shape index (κ2) is 4.35. The Balaban J connectivity index is 2.24. The van der Waals surface area contributed by atoms with Crippen molar-refractivity contribution in [2.45, 2.75) is 13.8 Å².